The molecule has 0 saturated heterocycles. The molecule has 0 amide bonds. The third-order valence-corrected chi connectivity index (χ3v) is 2.95. The van der Waals surface area contributed by atoms with Crippen LogP contribution in [0.5, 0.6) is 11.5 Å². The van der Waals surface area contributed by atoms with Gasteiger partial charge in [-0.1, -0.05) is 12.2 Å². The van der Waals surface area contributed by atoms with Crippen LogP contribution in [-0.2, 0) is 0 Å². The highest BCUT2D eigenvalue weighted by Gasteiger charge is 2.14. The molecular formula is C11H9NO2S. The van der Waals surface area contributed by atoms with Crippen molar-refractivity contribution in [1.29, 1.82) is 0 Å². The number of fused-ring (bicyclic) bond motifs is 2. The minimum Gasteiger partial charge on any atom is -0.454 e. The summed E-state index contributed by atoms with van der Waals surface area (Å²) < 4.78 is 11.4. The van der Waals surface area contributed by atoms with E-state index in [1.165, 1.54) is 0 Å². The first-order chi connectivity index (χ1) is 7.24. The second-order valence-corrected chi connectivity index (χ2v) is 3.98. The van der Waals surface area contributed by atoms with E-state index in [9.17, 15) is 0 Å². The summed E-state index contributed by atoms with van der Waals surface area (Å²) in [5.41, 5.74) is 2.05. The number of pyridine rings is 1. The van der Waals surface area contributed by atoms with Crippen molar-refractivity contribution in [3.8, 4) is 11.5 Å². The number of benzene rings is 1. The molecule has 1 aliphatic rings. The lowest BCUT2D eigenvalue weighted by Crippen LogP contribution is -1.92. The van der Waals surface area contributed by atoms with Crippen molar-refractivity contribution in [2.45, 2.75) is 6.92 Å². The molecule has 1 aromatic heterocycles. The maximum absolute atomic E-state index is 5.31. The first-order valence-corrected chi connectivity index (χ1v) is 5.08. The molecule has 0 unspecified atom stereocenters. The fraction of sp³-hybridized carbons (Fsp3) is 0.182. The molecule has 0 bridgehead atoms. The van der Waals surface area contributed by atoms with Gasteiger partial charge in [-0.15, -0.1) is 0 Å². The van der Waals surface area contributed by atoms with Gasteiger partial charge in [0, 0.05) is 11.5 Å². The summed E-state index contributed by atoms with van der Waals surface area (Å²) in [5.74, 6) is 1.57. The minimum atomic E-state index is 0.297. The van der Waals surface area contributed by atoms with Gasteiger partial charge in [0.1, 0.15) is 4.64 Å². The average molecular weight is 219 g/mol. The monoisotopic (exact) mass is 219 g/mol. The van der Waals surface area contributed by atoms with Crippen LogP contribution in [0.2, 0.25) is 0 Å². The predicted molar refractivity (Wildman–Crippen MR) is 60.0 cm³/mol. The molecule has 3 rings (SSSR count). The first kappa shape index (κ1) is 8.73. The van der Waals surface area contributed by atoms with Crippen LogP contribution >= 0.6 is 12.2 Å². The standard InChI is InChI=1S/C11H9NO2S/c1-6-2-7-3-9-10(14-5-13-9)4-8(7)12-11(6)15/h2-4H,5H2,1H3,(H,12,15). The second kappa shape index (κ2) is 2.97. The Morgan fingerprint density at radius 2 is 1.93 bits per heavy atom. The summed E-state index contributed by atoms with van der Waals surface area (Å²) in [5, 5.41) is 1.09. The van der Waals surface area contributed by atoms with E-state index < -0.39 is 0 Å². The van der Waals surface area contributed by atoms with E-state index in [2.05, 4.69) is 11.1 Å². The molecule has 15 heavy (non-hydrogen) atoms. The number of hydrogen-bond acceptors (Lipinski definition) is 3. The van der Waals surface area contributed by atoms with Gasteiger partial charge in [-0.2, -0.15) is 0 Å². The molecule has 0 radical (unpaired) electrons. The van der Waals surface area contributed by atoms with Gasteiger partial charge in [-0.3, -0.25) is 0 Å². The molecule has 2 aromatic rings. The molecule has 1 aliphatic heterocycles. The topological polar surface area (TPSA) is 34.2 Å². The quantitative estimate of drug-likeness (QED) is 0.692. The van der Waals surface area contributed by atoms with E-state index in [1.807, 2.05) is 19.1 Å². The van der Waals surface area contributed by atoms with Gasteiger partial charge in [0.25, 0.3) is 0 Å². The number of aromatic nitrogens is 1. The fourth-order valence-electron chi connectivity index (χ4n) is 1.71. The van der Waals surface area contributed by atoms with Crippen LogP contribution in [-0.4, -0.2) is 11.8 Å². The number of aromatic amines is 1. The predicted octanol–water partition coefficient (Wildman–Crippen LogP) is 2.93. The first-order valence-electron chi connectivity index (χ1n) is 4.67. The summed E-state index contributed by atoms with van der Waals surface area (Å²) >= 11 is 5.18. The van der Waals surface area contributed by atoms with Gasteiger partial charge >= 0.3 is 0 Å². The number of nitrogens with one attached hydrogen (secondary N) is 1. The zero-order valence-corrected chi connectivity index (χ0v) is 8.98. The largest absolute Gasteiger partial charge is 0.454 e. The molecular weight excluding hydrogens is 210 g/mol. The Hall–Kier alpha value is -1.55. The van der Waals surface area contributed by atoms with Gasteiger partial charge < -0.3 is 14.5 Å². The van der Waals surface area contributed by atoms with Gasteiger partial charge in [0.2, 0.25) is 6.79 Å². The molecule has 4 heteroatoms. The van der Waals surface area contributed by atoms with Crippen molar-refractivity contribution in [3.63, 3.8) is 0 Å². The molecule has 2 heterocycles. The second-order valence-electron chi connectivity index (χ2n) is 3.57. The van der Waals surface area contributed by atoms with Gasteiger partial charge in [-0.05, 0) is 24.6 Å². The van der Waals surface area contributed by atoms with Crippen molar-refractivity contribution in [3.05, 3.63) is 28.4 Å². The maximum atomic E-state index is 5.31. The minimum absolute atomic E-state index is 0.297. The van der Waals surface area contributed by atoms with Crippen molar-refractivity contribution < 1.29 is 9.47 Å². The Morgan fingerprint density at radius 1 is 1.20 bits per heavy atom. The SMILES string of the molecule is Cc1cc2cc3c(cc2[nH]c1=S)OCO3. The Balaban J connectivity index is 2.38. The summed E-state index contributed by atoms with van der Waals surface area (Å²) in [4.78, 5) is 3.17. The van der Waals surface area contributed by atoms with Gasteiger partial charge in [0.15, 0.2) is 11.5 Å². The van der Waals surface area contributed by atoms with E-state index in [4.69, 9.17) is 21.7 Å². The zero-order chi connectivity index (χ0) is 10.4. The van der Waals surface area contributed by atoms with Crippen LogP contribution in [0.1, 0.15) is 5.56 Å². The molecule has 3 nitrogen and oxygen atoms in total. The smallest absolute Gasteiger partial charge is 0.231 e. The van der Waals surface area contributed by atoms with E-state index in [-0.39, 0.29) is 0 Å². The zero-order valence-electron chi connectivity index (χ0n) is 8.16. The highest BCUT2D eigenvalue weighted by Crippen LogP contribution is 2.35. The third-order valence-electron chi connectivity index (χ3n) is 2.52. The van der Waals surface area contributed by atoms with E-state index >= 15 is 0 Å². The molecule has 0 saturated carbocycles. The fourth-order valence-corrected chi connectivity index (χ4v) is 1.87. The number of ether oxygens (including phenoxy) is 2. The number of rotatable bonds is 0. The lowest BCUT2D eigenvalue weighted by molar-refractivity contribution is 0.174. The van der Waals surface area contributed by atoms with E-state index in [0.29, 0.717) is 6.79 Å². The van der Waals surface area contributed by atoms with E-state index in [0.717, 1.165) is 32.6 Å². The molecule has 0 atom stereocenters. The summed E-state index contributed by atoms with van der Waals surface area (Å²) in [7, 11) is 0. The highest BCUT2D eigenvalue weighted by atomic mass is 32.1. The Labute approximate surface area is 91.6 Å². The van der Waals surface area contributed by atoms with Gasteiger partial charge in [0.05, 0.1) is 5.52 Å². The van der Waals surface area contributed by atoms with Crippen LogP contribution in [0.25, 0.3) is 10.9 Å². The molecule has 0 fully saturated rings. The number of hydrogen-bond donors (Lipinski definition) is 1. The van der Waals surface area contributed by atoms with Crippen molar-refractivity contribution >= 4 is 23.1 Å². The molecule has 1 N–H and O–H groups in total. The summed E-state index contributed by atoms with van der Waals surface area (Å²) in [6, 6.07) is 5.94. The van der Waals surface area contributed by atoms with Crippen LogP contribution in [0.4, 0.5) is 0 Å². The van der Waals surface area contributed by atoms with Crippen LogP contribution in [0.15, 0.2) is 18.2 Å². The Kier molecular flexibility index (Phi) is 1.73. The van der Waals surface area contributed by atoms with Crippen LogP contribution in [0, 0.1) is 11.6 Å². The lowest BCUT2D eigenvalue weighted by Gasteiger charge is -2.02. The third kappa shape index (κ3) is 1.29. The molecule has 1 aromatic carbocycles. The van der Waals surface area contributed by atoms with Crippen molar-refractivity contribution in [2.24, 2.45) is 0 Å². The van der Waals surface area contributed by atoms with Gasteiger partial charge in [-0.25, -0.2) is 0 Å². The lowest BCUT2D eigenvalue weighted by atomic mass is 10.1. The number of aryl methyl sites for hydroxylation is 1. The number of H-pyrrole nitrogens is 1. The van der Waals surface area contributed by atoms with Crippen molar-refractivity contribution in [2.75, 3.05) is 6.79 Å². The summed E-state index contributed by atoms with van der Waals surface area (Å²) in [6.07, 6.45) is 0. The van der Waals surface area contributed by atoms with Crippen molar-refractivity contribution in [1.82, 2.24) is 4.98 Å². The molecule has 0 aliphatic carbocycles. The molecule has 0 spiro atoms. The Morgan fingerprint density at radius 3 is 2.73 bits per heavy atom. The average Bonchev–Trinajstić information content (AvgIpc) is 2.63. The maximum Gasteiger partial charge on any atom is 0.231 e. The van der Waals surface area contributed by atoms with Crippen LogP contribution < -0.4 is 9.47 Å². The van der Waals surface area contributed by atoms with E-state index in [1.54, 1.807) is 0 Å². The normalized spacial score (nSPS) is 13.4. The summed E-state index contributed by atoms with van der Waals surface area (Å²) in [6.45, 7) is 2.29. The molecule has 76 valence electrons. The highest BCUT2D eigenvalue weighted by molar-refractivity contribution is 7.71. The van der Waals surface area contributed by atoms with Crippen LogP contribution in [0.3, 0.4) is 0 Å². The Bertz CT molecular complexity index is 603.